The number of hydrogen-bond acceptors (Lipinski definition) is 6. The van der Waals surface area contributed by atoms with Crippen LogP contribution in [0, 0.1) is 17.7 Å². The summed E-state index contributed by atoms with van der Waals surface area (Å²) >= 11 is 12.0. The molecule has 1 N–H and O–H groups in total. The van der Waals surface area contributed by atoms with Gasteiger partial charge in [0.2, 0.25) is 0 Å². The lowest BCUT2D eigenvalue weighted by atomic mass is 9.92. The lowest BCUT2D eigenvalue weighted by Gasteiger charge is -2.26. The molecule has 214 valence electrons. The number of esters is 1. The van der Waals surface area contributed by atoms with Crippen LogP contribution in [0.15, 0.2) is 24.3 Å². The molecule has 0 spiro atoms. The van der Waals surface area contributed by atoms with Gasteiger partial charge in [-0.2, -0.15) is 13.2 Å². The highest BCUT2D eigenvalue weighted by Gasteiger charge is 2.41. The predicted molar refractivity (Wildman–Crippen MR) is 135 cm³/mol. The topological polar surface area (TPSA) is 68.2 Å². The van der Waals surface area contributed by atoms with Gasteiger partial charge < -0.3 is 19.3 Å². The van der Waals surface area contributed by atoms with Crippen molar-refractivity contribution in [1.82, 2.24) is 4.90 Å². The highest BCUT2D eigenvalue weighted by atomic mass is 35.5. The molecule has 0 radical (unpaired) electrons. The lowest BCUT2D eigenvalue weighted by molar-refractivity contribution is -0.144. The van der Waals surface area contributed by atoms with Crippen molar-refractivity contribution in [3.63, 3.8) is 0 Å². The Morgan fingerprint density at radius 2 is 1.95 bits per heavy atom. The van der Waals surface area contributed by atoms with E-state index < -0.39 is 40.4 Å². The molecule has 6 nitrogen and oxygen atoms in total. The Balaban J connectivity index is 1.41. The summed E-state index contributed by atoms with van der Waals surface area (Å²) in [5.41, 5.74) is -1.12. The monoisotopic (exact) mass is 585 g/mol. The molecule has 0 aromatic heterocycles. The number of carbonyl (C=O) groups is 1. The van der Waals surface area contributed by atoms with Crippen LogP contribution < -0.4 is 4.74 Å². The zero-order valence-corrected chi connectivity index (χ0v) is 22.4. The zero-order valence-electron chi connectivity index (χ0n) is 20.9. The van der Waals surface area contributed by atoms with E-state index in [1.54, 1.807) is 0 Å². The van der Waals surface area contributed by atoms with Crippen LogP contribution in [0.5, 0.6) is 5.75 Å². The first-order chi connectivity index (χ1) is 18.1. The third-order valence-electron chi connectivity index (χ3n) is 6.83. The van der Waals surface area contributed by atoms with Gasteiger partial charge in [-0.3, -0.25) is 9.69 Å². The molecular weight excluding hydrogens is 553 g/mol. The van der Waals surface area contributed by atoms with E-state index in [2.05, 4.69) is 4.90 Å². The van der Waals surface area contributed by atoms with E-state index in [1.165, 1.54) is 0 Å². The number of allylic oxidation sites excluding steroid dienone is 2. The maximum absolute atomic E-state index is 14.3. The minimum atomic E-state index is -4.71. The summed E-state index contributed by atoms with van der Waals surface area (Å²) in [5.74, 6) is -2.69. The molecule has 4 atom stereocenters. The quantitative estimate of drug-likeness (QED) is 0.115. The first-order valence-electron chi connectivity index (χ1n) is 12.7. The fourth-order valence-electron chi connectivity index (χ4n) is 4.63. The Kier molecular flexibility index (Phi) is 12.0. The van der Waals surface area contributed by atoms with Crippen LogP contribution in [0.2, 0.25) is 5.02 Å². The molecule has 3 rings (SSSR count). The van der Waals surface area contributed by atoms with E-state index in [-0.39, 0.29) is 30.3 Å². The number of benzene rings is 1. The number of morpholine rings is 1. The van der Waals surface area contributed by atoms with Crippen molar-refractivity contribution >= 4 is 29.2 Å². The number of unbranched alkanes of at least 4 members (excludes halogenated alkanes) is 1. The van der Waals surface area contributed by atoms with E-state index in [1.807, 2.05) is 12.2 Å². The second kappa shape index (κ2) is 14.7. The van der Waals surface area contributed by atoms with Gasteiger partial charge in [-0.15, -0.1) is 11.6 Å². The average Bonchev–Trinajstić information content (AvgIpc) is 3.13. The largest absolute Gasteiger partial charge is 0.490 e. The SMILES string of the molecule is O=C(CCC/C=C\C[C@@H]1[C@@H](COc2cc(C(F)(F)F)cc(Cl)c2F)[C@H](O)C[C@H]1Cl)OCCN1CCOCC1. The summed E-state index contributed by atoms with van der Waals surface area (Å²) in [6, 6.07) is 1.06. The molecule has 0 unspecified atom stereocenters. The van der Waals surface area contributed by atoms with Crippen LogP contribution in [-0.2, 0) is 20.4 Å². The van der Waals surface area contributed by atoms with E-state index in [0.29, 0.717) is 64.2 Å². The third-order valence-corrected chi connectivity index (χ3v) is 7.61. The standard InChI is InChI=1S/C26H33Cl2F4NO5/c27-20-15-22(34)19(16-38-23-14-17(26(30,31)32)13-21(28)25(23)29)18(20)5-3-1-2-4-6-24(35)37-12-9-33-7-10-36-11-8-33/h1,3,13-14,18-20,22,34H,2,4-12,15-16H2/b3-1-/t18-,19-,20-,22-/m1/s1. The summed E-state index contributed by atoms with van der Waals surface area (Å²) in [7, 11) is 0. The molecule has 2 aliphatic rings. The molecule has 38 heavy (non-hydrogen) atoms. The second-order valence-electron chi connectivity index (χ2n) is 9.50. The van der Waals surface area contributed by atoms with Gasteiger partial charge in [0.05, 0.1) is 36.5 Å². The van der Waals surface area contributed by atoms with Crippen molar-refractivity contribution in [2.24, 2.45) is 11.8 Å². The summed E-state index contributed by atoms with van der Waals surface area (Å²) in [5, 5.41) is 9.35. The summed E-state index contributed by atoms with van der Waals surface area (Å²) in [4.78, 5) is 14.1. The van der Waals surface area contributed by atoms with Crippen LogP contribution >= 0.6 is 23.2 Å². The number of hydrogen-bond donors (Lipinski definition) is 1. The average molecular weight is 586 g/mol. The van der Waals surface area contributed by atoms with Crippen LogP contribution in [0.4, 0.5) is 17.6 Å². The van der Waals surface area contributed by atoms with Gasteiger partial charge in [-0.1, -0.05) is 23.8 Å². The smallest absolute Gasteiger partial charge is 0.416 e. The molecule has 1 aromatic rings. The predicted octanol–water partition coefficient (Wildman–Crippen LogP) is 5.47. The van der Waals surface area contributed by atoms with Gasteiger partial charge in [0.1, 0.15) is 6.61 Å². The number of alkyl halides is 4. The normalized spacial score (nSPS) is 24.7. The molecule has 1 heterocycles. The summed E-state index contributed by atoms with van der Waals surface area (Å²) in [6.07, 6.45) is 0.614. The fraction of sp³-hybridized carbons (Fsp3) is 0.654. The van der Waals surface area contributed by atoms with Gasteiger partial charge >= 0.3 is 12.1 Å². The van der Waals surface area contributed by atoms with Gasteiger partial charge in [0.15, 0.2) is 11.6 Å². The number of nitrogens with zero attached hydrogens (tertiary/aromatic N) is 1. The minimum absolute atomic E-state index is 0.215. The molecule has 0 amide bonds. The Bertz CT molecular complexity index is 943. The number of aliphatic hydroxyl groups is 1. The molecule has 1 saturated heterocycles. The fourth-order valence-corrected chi connectivity index (χ4v) is 5.31. The Hall–Kier alpha value is -1.59. The van der Waals surface area contributed by atoms with Crippen LogP contribution in [-0.4, -0.2) is 73.5 Å². The molecule has 12 heteroatoms. The second-order valence-corrected chi connectivity index (χ2v) is 10.5. The first kappa shape index (κ1) is 30.9. The van der Waals surface area contributed by atoms with Crippen molar-refractivity contribution < 1.29 is 41.7 Å². The molecule has 1 aliphatic carbocycles. The van der Waals surface area contributed by atoms with Crippen molar-refractivity contribution in [2.45, 2.75) is 49.8 Å². The van der Waals surface area contributed by atoms with Crippen LogP contribution in [0.3, 0.4) is 0 Å². The van der Waals surface area contributed by atoms with Crippen molar-refractivity contribution in [3.05, 3.63) is 40.7 Å². The van der Waals surface area contributed by atoms with Crippen molar-refractivity contribution in [1.29, 1.82) is 0 Å². The van der Waals surface area contributed by atoms with Crippen molar-refractivity contribution in [2.75, 3.05) is 46.1 Å². The number of rotatable bonds is 12. The Morgan fingerprint density at radius 3 is 2.66 bits per heavy atom. The van der Waals surface area contributed by atoms with Gasteiger partial charge in [0, 0.05) is 37.4 Å². The van der Waals surface area contributed by atoms with Gasteiger partial charge in [-0.25, -0.2) is 4.39 Å². The molecular formula is C26H33Cl2F4NO5. The third kappa shape index (κ3) is 9.26. The van der Waals surface area contributed by atoms with Crippen molar-refractivity contribution in [3.8, 4) is 5.75 Å². The summed E-state index contributed by atoms with van der Waals surface area (Å²) in [6.45, 7) is 3.91. The lowest BCUT2D eigenvalue weighted by Crippen LogP contribution is -2.38. The number of halogens is 6. The molecule has 0 bridgehead atoms. The van der Waals surface area contributed by atoms with E-state index in [0.717, 1.165) is 13.1 Å². The number of aliphatic hydroxyl groups excluding tert-OH is 1. The van der Waals surface area contributed by atoms with Gasteiger partial charge in [0.25, 0.3) is 0 Å². The summed E-state index contributed by atoms with van der Waals surface area (Å²) < 4.78 is 69.4. The Labute approximate surface area is 229 Å². The molecule has 1 saturated carbocycles. The molecule has 1 aliphatic heterocycles. The van der Waals surface area contributed by atoms with Crippen LogP contribution in [0.1, 0.15) is 37.7 Å². The minimum Gasteiger partial charge on any atom is -0.490 e. The number of ether oxygens (including phenoxy) is 3. The molecule has 1 aromatic carbocycles. The highest BCUT2D eigenvalue weighted by molar-refractivity contribution is 6.31. The van der Waals surface area contributed by atoms with E-state index in [9.17, 15) is 27.5 Å². The Morgan fingerprint density at radius 1 is 1.21 bits per heavy atom. The van der Waals surface area contributed by atoms with E-state index in [4.69, 9.17) is 37.4 Å². The molecule has 2 fully saturated rings. The maximum atomic E-state index is 14.3. The van der Waals surface area contributed by atoms with E-state index >= 15 is 0 Å². The maximum Gasteiger partial charge on any atom is 0.416 e. The highest BCUT2D eigenvalue weighted by Crippen LogP contribution is 2.40. The van der Waals surface area contributed by atoms with Crippen LogP contribution in [0.25, 0.3) is 0 Å². The number of carbonyl (C=O) groups excluding carboxylic acids is 1. The van der Waals surface area contributed by atoms with Gasteiger partial charge in [-0.05, 0) is 43.7 Å². The first-order valence-corrected chi connectivity index (χ1v) is 13.5. The zero-order chi connectivity index (χ0) is 27.7.